The Morgan fingerprint density at radius 3 is 0.722 bits per heavy atom. The lowest BCUT2D eigenvalue weighted by Gasteiger charge is -2.50. The van der Waals surface area contributed by atoms with Crippen LogP contribution in [0.2, 0.25) is 127 Å². The van der Waals surface area contributed by atoms with Crippen molar-refractivity contribution in [2.24, 2.45) is 0 Å². The predicted octanol–water partition coefficient (Wildman–Crippen LogP) is 8.13. The summed E-state index contributed by atoms with van der Waals surface area (Å²) in [5, 5.41) is 0. The van der Waals surface area contributed by atoms with Gasteiger partial charge in [0.2, 0.25) is 0 Å². The zero-order valence-corrected chi connectivity index (χ0v) is 48.6. The maximum atomic E-state index is 6.31. The lowest BCUT2D eigenvalue weighted by atomic mass is 10.3. The lowest BCUT2D eigenvalue weighted by Crippen LogP contribution is -2.66. The number of hydrogen-bond donors (Lipinski definition) is 0. The molecule has 8 saturated heterocycles. The van der Waals surface area contributed by atoms with Gasteiger partial charge in [-0.05, 0) is 127 Å². The summed E-state index contributed by atoms with van der Waals surface area (Å²) < 4.78 is 72.5. The third-order valence-electron chi connectivity index (χ3n) is 11.0. The molecule has 4 atom stereocenters. The predicted molar refractivity (Wildman–Crippen MR) is 243 cm³/mol. The molecular weight excluding hydrogens is 889 g/mol. The molecule has 4 spiro atoms. The molecule has 8 heterocycles. The highest BCUT2D eigenvalue weighted by Gasteiger charge is 2.57. The van der Waals surface area contributed by atoms with Gasteiger partial charge in [-0.15, -0.1) is 0 Å². The van der Waals surface area contributed by atoms with Crippen LogP contribution < -0.4 is 0 Å². The molecule has 0 aromatic carbocycles. The number of hydrogen-bond acceptors (Lipinski definition) is 12. The molecule has 0 N–H and O–H groups in total. The molecule has 0 bridgehead atoms. The van der Waals surface area contributed by atoms with Gasteiger partial charge in [0, 0.05) is 0 Å². The molecule has 0 radical (unpaired) electrons. The Labute approximate surface area is 344 Å². The van der Waals surface area contributed by atoms with Crippen LogP contribution in [0.25, 0.3) is 0 Å². The topological polar surface area (TPSA) is 111 Å². The van der Waals surface area contributed by atoms with E-state index in [0.717, 1.165) is 0 Å². The quantitative estimate of drug-likeness (QED) is 0.219. The molecule has 0 aromatic heterocycles. The molecule has 54 heavy (non-hydrogen) atoms. The van der Waals surface area contributed by atoms with E-state index >= 15 is 0 Å². The second kappa shape index (κ2) is 19.0. The summed E-state index contributed by atoms with van der Waals surface area (Å²) in [5.74, 6) is 0. The van der Waals surface area contributed by atoms with E-state index in [4.69, 9.17) is 49.4 Å². The molecule has 8 aliphatic rings. The highest BCUT2D eigenvalue weighted by atomic mass is 28.5. The van der Waals surface area contributed by atoms with E-state index in [0.29, 0.717) is 0 Å². The lowest BCUT2D eigenvalue weighted by molar-refractivity contribution is 0.220. The molecule has 8 fully saturated rings. The van der Waals surface area contributed by atoms with Gasteiger partial charge in [0.1, 0.15) is 0 Å². The van der Waals surface area contributed by atoms with Crippen LogP contribution in [0.5, 0.6) is 0 Å². The van der Waals surface area contributed by atoms with Crippen LogP contribution in [0.1, 0.15) is 64.2 Å². The largest absolute Gasteiger partial charge is 0.420 e. The Balaban J connectivity index is 0.000000139. The van der Waals surface area contributed by atoms with E-state index in [1.165, 1.54) is 113 Å². The second-order valence-electron chi connectivity index (χ2n) is 18.4. The van der Waals surface area contributed by atoms with Crippen LogP contribution in [0.15, 0.2) is 0 Å². The van der Waals surface area contributed by atoms with E-state index in [1.54, 1.807) is 0 Å². The van der Waals surface area contributed by atoms with Crippen molar-refractivity contribution in [3.8, 4) is 0 Å². The standard InChI is InChI=1S/C9H22O3Si3.C8H20O3Si3.C7H18O3Si3.C6H16O3Si3/c1-13(2)10-14(3,4)12-15(11-13)8-6-5-7-9-15;1-12(2)9-13(3,4)11-14(10-12)7-5-6-8-14;1-11-8-12(2)10-13(9-11)6-4-3-5-7-13;1-10-7-11(2)9-12(8-10)5-3-4-6-12/h5-9H2,1-4H3;5-8H2,1-4H3;11-12H,3-7H2,1-2H3;10-11H,3-6H2,1-2H3. The third kappa shape index (κ3) is 14.1. The smallest absolute Gasteiger partial charge is 0.320 e. The van der Waals surface area contributed by atoms with Gasteiger partial charge in [-0.3, -0.25) is 0 Å². The van der Waals surface area contributed by atoms with Crippen LogP contribution in [-0.4, -0.2) is 106 Å². The van der Waals surface area contributed by atoms with Crippen molar-refractivity contribution in [1.29, 1.82) is 0 Å². The molecule has 8 rings (SSSR count). The molecule has 4 unspecified atom stereocenters. The van der Waals surface area contributed by atoms with E-state index in [2.05, 4.69) is 78.6 Å². The van der Waals surface area contributed by atoms with Crippen molar-refractivity contribution in [2.45, 2.75) is 191 Å². The van der Waals surface area contributed by atoms with Crippen molar-refractivity contribution in [3.63, 3.8) is 0 Å². The molecule has 12 nitrogen and oxygen atoms in total. The molecule has 0 amide bonds. The highest BCUT2D eigenvalue weighted by Crippen LogP contribution is 2.42. The first-order valence-corrected chi connectivity index (χ1v) is 49.9. The maximum absolute atomic E-state index is 6.31. The summed E-state index contributed by atoms with van der Waals surface area (Å²) in [4.78, 5) is 0. The molecule has 8 aliphatic heterocycles. The minimum atomic E-state index is -1.89. The fourth-order valence-corrected chi connectivity index (χ4v) is 69.6. The Hall–Kier alpha value is 2.12. The van der Waals surface area contributed by atoms with Gasteiger partial charge in [0.05, 0.1) is 0 Å². The van der Waals surface area contributed by atoms with Gasteiger partial charge in [-0.1, -0.05) is 64.2 Å². The Morgan fingerprint density at radius 2 is 0.481 bits per heavy atom. The molecule has 0 aliphatic carbocycles. The Kier molecular flexibility index (Phi) is 16.6. The molecule has 0 aromatic rings. The van der Waals surface area contributed by atoms with E-state index in [1.807, 2.05) is 0 Å². The van der Waals surface area contributed by atoms with E-state index in [-0.39, 0.29) is 0 Å². The van der Waals surface area contributed by atoms with Gasteiger partial charge < -0.3 is 49.4 Å². The van der Waals surface area contributed by atoms with Crippen LogP contribution >= 0.6 is 0 Å². The van der Waals surface area contributed by atoms with Crippen molar-refractivity contribution in [2.75, 3.05) is 0 Å². The van der Waals surface area contributed by atoms with E-state index in [9.17, 15) is 0 Å². The fraction of sp³-hybridized carbons (Fsp3) is 1.00. The molecule has 24 heteroatoms. The van der Waals surface area contributed by atoms with Crippen LogP contribution in [-0.2, 0) is 49.4 Å². The second-order valence-corrected chi connectivity index (χ2v) is 56.3. The molecular formula is C30H76O12Si12. The zero-order chi connectivity index (χ0) is 39.5. The minimum absolute atomic E-state index is 1.20. The average molecular weight is 966 g/mol. The summed E-state index contributed by atoms with van der Waals surface area (Å²) in [6, 6.07) is 9.70. The van der Waals surface area contributed by atoms with Gasteiger partial charge in [-0.2, -0.15) is 0 Å². The normalized spacial score (nSPS) is 36.2. The van der Waals surface area contributed by atoms with Gasteiger partial charge in [-0.25, -0.2) is 0 Å². The van der Waals surface area contributed by atoms with Crippen LogP contribution in [0.4, 0.5) is 0 Å². The summed E-state index contributed by atoms with van der Waals surface area (Å²) in [6.45, 7) is 25.9. The molecule has 316 valence electrons. The van der Waals surface area contributed by atoms with Crippen molar-refractivity contribution >= 4 is 106 Å². The summed E-state index contributed by atoms with van der Waals surface area (Å²) in [6.07, 6.45) is 13.1. The van der Waals surface area contributed by atoms with E-state index < -0.39 is 106 Å². The van der Waals surface area contributed by atoms with Gasteiger partial charge in [0.15, 0.2) is 0 Å². The SMILES string of the molecule is C[SiH]1O[SiH](C)O[Si]2(CCCC2)O1.C[SiH]1O[SiH](C)O[Si]2(CCCCC2)O1.C[Si]1(C)O[Si](C)(C)O[Si]2(CCCC2)O1.C[Si]1(C)O[Si](C)(C)O[Si]2(CCCCC2)O1. The van der Waals surface area contributed by atoms with Gasteiger partial charge in [0.25, 0.3) is 37.1 Å². The molecule has 0 saturated carbocycles. The Morgan fingerprint density at radius 1 is 0.278 bits per heavy atom. The fourth-order valence-electron chi connectivity index (χ4n) is 9.90. The van der Waals surface area contributed by atoms with Gasteiger partial charge >= 0.3 is 68.5 Å². The monoisotopic (exact) mass is 964 g/mol. The first-order valence-electron chi connectivity index (χ1n) is 21.3. The number of rotatable bonds is 0. The highest BCUT2D eigenvalue weighted by molar-refractivity contribution is 6.94. The first kappa shape index (κ1) is 47.2. The van der Waals surface area contributed by atoms with Crippen LogP contribution in [0, 0.1) is 0 Å². The van der Waals surface area contributed by atoms with Crippen molar-refractivity contribution < 1.29 is 49.4 Å². The minimum Gasteiger partial charge on any atom is -0.420 e. The zero-order valence-electron chi connectivity index (χ0n) is 35.9. The van der Waals surface area contributed by atoms with Crippen molar-refractivity contribution in [1.82, 2.24) is 0 Å². The summed E-state index contributed by atoms with van der Waals surface area (Å²) >= 11 is 0. The van der Waals surface area contributed by atoms with Crippen molar-refractivity contribution in [3.05, 3.63) is 0 Å². The third-order valence-corrected chi connectivity index (χ3v) is 59.9. The summed E-state index contributed by atoms with van der Waals surface area (Å²) in [7, 11) is -19.6. The summed E-state index contributed by atoms with van der Waals surface area (Å²) in [5.41, 5.74) is 0. The maximum Gasteiger partial charge on any atom is 0.320 e. The first-order chi connectivity index (χ1) is 25.1. The van der Waals surface area contributed by atoms with Crippen LogP contribution in [0.3, 0.4) is 0 Å². The average Bonchev–Trinajstić information content (AvgIpc) is 3.63. The Bertz CT molecular complexity index is 1140.